The number of amidine groups is 1. The monoisotopic (exact) mass is 302 g/mol. The molecule has 1 aliphatic rings. The van der Waals surface area contributed by atoms with Crippen LogP contribution in [-0.2, 0) is 10.0 Å². The summed E-state index contributed by atoms with van der Waals surface area (Å²) in [7, 11) is -3.52. The maximum absolute atomic E-state index is 12.3. The van der Waals surface area contributed by atoms with E-state index in [1.807, 2.05) is 11.8 Å². The average molecular weight is 302 g/mol. The van der Waals surface area contributed by atoms with Crippen LogP contribution >= 0.6 is 0 Å². The molecular weight excluding hydrogens is 284 g/mol. The van der Waals surface area contributed by atoms with Gasteiger partial charge in [-0.3, -0.25) is 10.00 Å². The van der Waals surface area contributed by atoms with Crippen molar-refractivity contribution in [1.29, 1.82) is 0 Å². The van der Waals surface area contributed by atoms with Crippen molar-refractivity contribution >= 4 is 15.9 Å². The fourth-order valence-corrected chi connectivity index (χ4v) is 3.45. The maximum atomic E-state index is 12.3. The molecule has 10 heteroatoms. The molecule has 1 aromatic heterocycles. The fourth-order valence-electron chi connectivity index (χ4n) is 2.13. The Hall–Kier alpha value is -1.65. The highest BCUT2D eigenvalue weighted by Crippen LogP contribution is 2.16. The summed E-state index contributed by atoms with van der Waals surface area (Å²) in [5.74, 6) is 0.120. The number of aromatic amines is 1. The predicted molar refractivity (Wildman–Crippen MR) is 71.8 cm³/mol. The predicted octanol–water partition coefficient (Wildman–Crippen LogP) is -1.15. The number of nitrogens with zero attached hydrogens (tertiary/aromatic N) is 4. The lowest BCUT2D eigenvalue weighted by Crippen LogP contribution is -2.54. The molecule has 1 atom stereocenters. The van der Waals surface area contributed by atoms with Gasteiger partial charge in [-0.2, -0.15) is 9.40 Å². The van der Waals surface area contributed by atoms with Crippen LogP contribution in [0.3, 0.4) is 0 Å². The summed E-state index contributed by atoms with van der Waals surface area (Å²) in [4.78, 5) is 1.97. The molecule has 1 unspecified atom stereocenters. The Morgan fingerprint density at radius 3 is 2.65 bits per heavy atom. The lowest BCUT2D eigenvalue weighted by Gasteiger charge is -2.36. The first-order chi connectivity index (χ1) is 9.46. The van der Waals surface area contributed by atoms with Crippen molar-refractivity contribution < 1.29 is 13.6 Å². The number of sulfonamides is 1. The third-order valence-corrected chi connectivity index (χ3v) is 5.29. The highest BCUT2D eigenvalue weighted by atomic mass is 32.2. The van der Waals surface area contributed by atoms with Crippen LogP contribution in [0, 0.1) is 0 Å². The molecule has 0 spiro atoms. The standard InChI is InChI=1S/C10H18N6O3S/c1-8(10(11)14-17)15-4-6-16(7-5-15)20(18,19)9-2-3-12-13-9/h2-3,8,17H,4-7H2,1H3,(H2,11,14)(H,12,13). The van der Waals surface area contributed by atoms with Gasteiger partial charge in [-0.05, 0) is 13.0 Å². The second kappa shape index (κ2) is 5.77. The quantitative estimate of drug-likeness (QED) is 0.279. The van der Waals surface area contributed by atoms with E-state index in [4.69, 9.17) is 10.9 Å². The second-order valence-corrected chi connectivity index (χ2v) is 6.47. The van der Waals surface area contributed by atoms with Gasteiger partial charge in [-0.1, -0.05) is 5.16 Å². The number of piperazine rings is 1. The van der Waals surface area contributed by atoms with Crippen molar-refractivity contribution in [3.63, 3.8) is 0 Å². The third-order valence-electron chi connectivity index (χ3n) is 3.46. The topological polar surface area (TPSA) is 128 Å². The first-order valence-electron chi connectivity index (χ1n) is 6.18. The number of oxime groups is 1. The number of nitrogens with two attached hydrogens (primary N) is 1. The van der Waals surface area contributed by atoms with Crippen molar-refractivity contribution in [2.24, 2.45) is 10.9 Å². The Bertz CT molecular complexity index is 562. The highest BCUT2D eigenvalue weighted by Gasteiger charge is 2.31. The summed E-state index contributed by atoms with van der Waals surface area (Å²) in [5, 5.41) is 17.9. The van der Waals surface area contributed by atoms with Gasteiger partial charge in [-0.25, -0.2) is 8.42 Å². The molecule has 0 radical (unpaired) electrons. The number of hydrogen-bond donors (Lipinski definition) is 3. The summed E-state index contributed by atoms with van der Waals surface area (Å²) in [6.45, 7) is 3.55. The van der Waals surface area contributed by atoms with Crippen LogP contribution in [-0.4, -0.2) is 71.1 Å². The zero-order valence-corrected chi connectivity index (χ0v) is 11.9. The van der Waals surface area contributed by atoms with Gasteiger partial charge in [0.15, 0.2) is 10.9 Å². The molecular formula is C10H18N6O3S. The van der Waals surface area contributed by atoms with E-state index in [0.29, 0.717) is 26.2 Å². The van der Waals surface area contributed by atoms with Gasteiger partial charge < -0.3 is 10.9 Å². The molecule has 1 aromatic rings. The number of rotatable bonds is 4. The van der Waals surface area contributed by atoms with Gasteiger partial charge in [0.2, 0.25) is 0 Å². The minimum Gasteiger partial charge on any atom is -0.409 e. The van der Waals surface area contributed by atoms with Crippen LogP contribution in [0.15, 0.2) is 22.4 Å². The zero-order chi connectivity index (χ0) is 14.8. The van der Waals surface area contributed by atoms with Crippen LogP contribution in [0.5, 0.6) is 0 Å². The Labute approximate surface area is 117 Å². The lowest BCUT2D eigenvalue weighted by molar-refractivity contribution is 0.171. The number of aromatic nitrogens is 2. The van der Waals surface area contributed by atoms with E-state index in [0.717, 1.165) is 0 Å². The maximum Gasteiger partial charge on any atom is 0.260 e. The summed E-state index contributed by atoms with van der Waals surface area (Å²) < 4.78 is 25.9. The van der Waals surface area contributed by atoms with Crippen LogP contribution in [0.1, 0.15) is 6.92 Å². The fraction of sp³-hybridized carbons (Fsp3) is 0.600. The summed E-state index contributed by atoms with van der Waals surface area (Å²) in [5.41, 5.74) is 5.56. The highest BCUT2D eigenvalue weighted by molar-refractivity contribution is 7.89. The first kappa shape index (κ1) is 14.8. The first-order valence-corrected chi connectivity index (χ1v) is 7.62. The summed E-state index contributed by atoms with van der Waals surface area (Å²) >= 11 is 0. The van der Waals surface area contributed by atoms with Crippen LogP contribution in [0.25, 0.3) is 0 Å². The van der Waals surface area contributed by atoms with Gasteiger partial charge in [0, 0.05) is 26.2 Å². The van der Waals surface area contributed by atoms with Crippen molar-refractivity contribution in [3.8, 4) is 0 Å². The van der Waals surface area contributed by atoms with E-state index in [-0.39, 0.29) is 16.9 Å². The molecule has 20 heavy (non-hydrogen) atoms. The van der Waals surface area contributed by atoms with Crippen LogP contribution in [0.4, 0.5) is 0 Å². The van der Waals surface area contributed by atoms with Crippen LogP contribution < -0.4 is 5.73 Å². The summed E-state index contributed by atoms with van der Waals surface area (Å²) in [6, 6.07) is 1.21. The van der Waals surface area contributed by atoms with Gasteiger partial charge in [0.1, 0.15) is 0 Å². The number of nitrogens with one attached hydrogen (secondary N) is 1. The van der Waals surface area contributed by atoms with E-state index in [1.54, 1.807) is 0 Å². The average Bonchev–Trinajstić information content (AvgIpc) is 3.00. The van der Waals surface area contributed by atoms with Crippen molar-refractivity contribution in [3.05, 3.63) is 12.3 Å². The molecule has 0 amide bonds. The molecule has 1 aliphatic heterocycles. The van der Waals surface area contributed by atoms with Crippen molar-refractivity contribution in [2.45, 2.75) is 18.0 Å². The smallest absolute Gasteiger partial charge is 0.260 e. The van der Waals surface area contributed by atoms with Crippen LogP contribution in [0.2, 0.25) is 0 Å². The molecule has 0 bridgehead atoms. The largest absolute Gasteiger partial charge is 0.409 e. The molecule has 0 saturated carbocycles. The minimum absolute atomic E-state index is 0.0930. The molecule has 112 valence electrons. The Morgan fingerprint density at radius 1 is 1.50 bits per heavy atom. The molecule has 2 rings (SSSR count). The molecule has 9 nitrogen and oxygen atoms in total. The molecule has 1 saturated heterocycles. The van der Waals surface area contributed by atoms with Gasteiger partial charge in [-0.15, -0.1) is 0 Å². The van der Waals surface area contributed by atoms with E-state index in [9.17, 15) is 8.42 Å². The van der Waals surface area contributed by atoms with E-state index in [1.165, 1.54) is 16.6 Å². The van der Waals surface area contributed by atoms with Gasteiger partial charge in [0.05, 0.1) is 12.2 Å². The lowest BCUT2D eigenvalue weighted by atomic mass is 10.2. The Kier molecular flexibility index (Phi) is 4.26. The third kappa shape index (κ3) is 2.76. The Balaban J connectivity index is 2.02. The minimum atomic E-state index is -3.52. The van der Waals surface area contributed by atoms with E-state index < -0.39 is 10.0 Å². The molecule has 4 N–H and O–H groups in total. The molecule has 2 heterocycles. The SMILES string of the molecule is CC(C(N)=NO)N1CCN(S(=O)(=O)c2ccn[nH]2)CC1. The second-order valence-electron chi connectivity index (χ2n) is 4.56. The van der Waals surface area contributed by atoms with E-state index in [2.05, 4.69) is 15.4 Å². The molecule has 0 aliphatic carbocycles. The zero-order valence-electron chi connectivity index (χ0n) is 11.1. The van der Waals surface area contributed by atoms with Gasteiger partial charge >= 0.3 is 0 Å². The Morgan fingerprint density at radius 2 is 2.15 bits per heavy atom. The van der Waals surface area contributed by atoms with Gasteiger partial charge in [0.25, 0.3) is 10.0 Å². The normalized spacial score (nSPS) is 20.9. The molecule has 0 aromatic carbocycles. The number of H-pyrrole nitrogens is 1. The molecule has 1 fully saturated rings. The summed E-state index contributed by atoms with van der Waals surface area (Å²) in [6.07, 6.45) is 1.41. The van der Waals surface area contributed by atoms with Crippen molar-refractivity contribution in [2.75, 3.05) is 26.2 Å². The van der Waals surface area contributed by atoms with E-state index >= 15 is 0 Å². The van der Waals surface area contributed by atoms with Crippen molar-refractivity contribution in [1.82, 2.24) is 19.4 Å². The number of hydrogen-bond acceptors (Lipinski definition) is 6.